The standard InChI is InChI=1S/C10H13ClN2O3/c1-3-15-6-7(2)16-10(14)8-4-12-5-9(11)13-8/h4-5,7H,3,6H2,1-2H3. The molecule has 5 nitrogen and oxygen atoms in total. The Balaban J connectivity index is 2.52. The van der Waals surface area contributed by atoms with Gasteiger partial charge in [-0.15, -0.1) is 0 Å². The van der Waals surface area contributed by atoms with Crippen LogP contribution in [0.25, 0.3) is 0 Å². The van der Waals surface area contributed by atoms with Crippen LogP contribution in [0, 0.1) is 0 Å². The third-order valence-corrected chi connectivity index (χ3v) is 1.86. The number of carbonyl (C=O) groups excluding carboxylic acids is 1. The van der Waals surface area contributed by atoms with Crippen LogP contribution >= 0.6 is 11.6 Å². The number of esters is 1. The summed E-state index contributed by atoms with van der Waals surface area (Å²) >= 11 is 5.60. The first-order valence-electron chi connectivity index (χ1n) is 4.89. The Hall–Kier alpha value is -1.20. The summed E-state index contributed by atoms with van der Waals surface area (Å²) in [6, 6.07) is 0. The van der Waals surface area contributed by atoms with Crippen molar-refractivity contribution in [2.75, 3.05) is 13.2 Å². The first-order valence-corrected chi connectivity index (χ1v) is 5.27. The van der Waals surface area contributed by atoms with E-state index in [1.165, 1.54) is 12.4 Å². The van der Waals surface area contributed by atoms with Crippen molar-refractivity contribution in [2.45, 2.75) is 20.0 Å². The minimum atomic E-state index is -0.554. The van der Waals surface area contributed by atoms with Gasteiger partial charge in [-0.2, -0.15) is 0 Å². The minimum Gasteiger partial charge on any atom is -0.455 e. The van der Waals surface area contributed by atoms with Crippen molar-refractivity contribution < 1.29 is 14.3 Å². The van der Waals surface area contributed by atoms with E-state index in [4.69, 9.17) is 21.1 Å². The lowest BCUT2D eigenvalue weighted by Crippen LogP contribution is -2.21. The fourth-order valence-electron chi connectivity index (χ4n) is 1.00. The predicted octanol–water partition coefficient (Wildman–Crippen LogP) is 1.71. The molecule has 0 radical (unpaired) electrons. The summed E-state index contributed by atoms with van der Waals surface area (Å²) in [6.07, 6.45) is 2.33. The van der Waals surface area contributed by atoms with Crippen molar-refractivity contribution >= 4 is 17.6 Å². The molecule has 1 atom stereocenters. The number of ether oxygens (including phenoxy) is 2. The monoisotopic (exact) mass is 244 g/mol. The number of rotatable bonds is 5. The smallest absolute Gasteiger partial charge is 0.358 e. The Kier molecular flexibility index (Phi) is 5.14. The Morgan fingerprint density at radius 3 is 2.94 bits per heavy atom. The number of hydrogen-bond acceptors (Lipinski definition) is 5. The highest BCUT2D eigenvalue weighted by molar-refractivity contribution is 6.29. The molecule has 0 amide bonds. The van der Waals surface area contributed by atoms with E-state index in [1.54, 1.807) is 6.92 Å². The van der Waals surface area contributed by atoms with Crippen LogP contribution in [0.5, 0.6) is 0 Å². The van der Waals surface area contributed by atoms with Crippen molar-refractivity contribution in [1.82, 2.24) is 9.97 Å². The van der Waals surface area contributed by atoms with E-state index in [1.807, 2.05) is 6.92 Å². The van der Waals surface area contributed by atoms with Crippen LogP contribution in [0.1, 0.15) is 24.3 Å². The van der Waals surface area contributed by atoms with E-state index in [2.05, 4.69) is 9.97 Å². The van der Waals surface area contributed by atoms with Gasteiger partial charge in [0.1, 0.15) is 11.3 Å². The maximum absolute atomic E-state index is 11.5. The van der Waals surface area contributed by atoms with Crippen molar-refractivity contribution in [2.24, 2.45) is 0 Å². The first-order chi connectivity index (χ1) is 7.63. The number of nitrogens with zero attached hydrogens (tertiary/aromatic N) is 2. The molecule has 0 spiro atoms. The average molecular weight is 245 g/mol. The molecule has 0 aliphatic carbocycles. The Morgan fingerprint density at radius 1 is 1.56 bits per heavy atom. The zero-order valence-electron chi connectivity index (χ0n) is 9.14. The van der Waals surface area contributed by atoms with Gasteiger partial charge in [-0.1, -0.05) is 11.6 Å². The Bertz CT molecular complexity index is 360. The lowest BCUT2D eigenvalue weighted by atomic mass is 10.4. The number of aromatic nitrogens is 2. The number of carbonyl (C=O) groups is 1. The lowest BCUT2D eigenvalue weighted by Gasteiger charge is -2.12. The van der Waals surface area contributed by atoms with Crippen LogP contribution in [0.15, 0.2) is 12.4 Å². The van der Waals surface area contributed by atoms with Crippen LogP contribution in [0.2, 0.25) is 5.15 Å². The van der Waals surface area contributed by atoms with Gasteiger partial charge in [0, 0.05) is 6.61 Å². The van der Waals surface area contributed by atoms with Crippen LogP contribution in [-0.4, -0.2) is 35.3 Å². The van der Waals surface area contributed by atoms with Crippen LogP contribution < -0.4 is 0 Å². The van der Waals surface area contributed by atoms with Gasteiger partial charge in [0.15, 0.2) is 5.69 Å². The molecule has 1 rings (SSSR count). The average Bonchev–Trinajstić information content (AvgIpc) is 2.26. The highest BCUT2D eigenvalue weighted by atomic mass is 35.5. The molecule has 1 aromatic heterocycles. The highest BCUT2D eigenvalue weighted by Gasteiger charge is 2.14. The Labute approximate surface area is 98.8 Å². The van der Waals surface area contributed by atoms with Gasteiger partial charge in [0.25, 0.3) is 0 Å². The van der Waals surface area contributed by atoms with Gasteiger partial charge in [-0.25, -0.2) is 9.78 Å². The molecule has 0 aliphatic heterocycles. The molecule has 88 valence electrons. The second kappa shape index (κ2) is 6.40. The van der Waals surface area contributed by atoms with Gasteiger partial charge < -0.3 is 9.47 Å². The molecule has 6 heteroatoms. The fraction of sp³-hybridized carbons (Fsp3) is 0.500. The second-order valence-corrected chi connectivity index (χ2v) is 3.49. The van der Waals surface area contributed by atoms with E-state index >= 15 is 0 Å². The summed E-state index contributed by atoms with van der Waals surface area (Å²) in [5.74, 6) is -0.554. The number of hydrogen-bond donors (Lipinski definition) is 0. The summed E-state index contributed by atoms with van der Waals surface area (Å²) in [6.45, 7) is 4.55. The molecular weight excluding hydrogens is 232 g/mol. The molecule has 1 unspecified atom stereocenters. The van der Waals surface area contributed by atoms with Gasteiger partial charge >= 0.3 is 5.97 Å². The quantitative estimate of drug-likeness (QED) is 0.738. The van der Waals surface area contributed by atoms with Crippen molar-refractivity contribution in [3.8, 4) is 0 Å². The molecule has 0 aromatic carbocycles. The topological polar surface area (TPSA) is 61.3 Å². The molecule has 1 aromatic rings. The van der Waals surface area contributed by atoms with Gasteiger partial charge in [0.2, 0.25) is 0 Å². The summed E-state index contributed by atoms with van der Waals surface area (Å²) in [5.41, 5.74) is 0.0934. The van der Waals surface area contributed by atoms with Crippen molar-refractivity contribution in [3.63, 3.8) is 0 Å². The summed E-state index contributed by atoms with van der Waals surface area (Å²) < 4.78 is 10.2. The molecule has 1 heterocycles. The lowest BCUT2D eigenvalue weighted by molar-refractivity contribution is 0.00383. The molecular formula is C10H13ClN2O3. The molecule has 0 bridgehead atoms. The molecule has 16 heavy (non-hydrogen) atoms. The van der Waals surface area contributed by atoms with E-state index < -0.39 is 5.97 Å². The van der Waals surface area contributed by atoms with Gasteiger partial charge in [-0.3, -0.25) is 4.98 Å². The summed E-state index contributed by atoms with van der Waals surface area (Å²) in [7, 11) is 0. The summed E-state index contributed by atoms with van der Waals surface area (Å²) in [4.78, 5) is 19.1. The largest absolute Gasteiger partial charge is 0.455 e. The van der Waals surface area contributed by atoms with E-state index in [0.717, 1.165) is 0 Å². The van der Waals surface area contributed by atoms with Crippen molar-refractivity contribution in [1.29, 1.82) is 0 Å². The van der Waals surface area contributed by atoms with E-state index in [0.29, 0.717) is 13.2 Å². The minimum absolute atomic E-state index is 0.0934. The van der Waals surface area contributed by atoms with E-state index in [9.17, 15) is 4.79 Å². The maximum atomic E-state index is 11.5. The molecule has 0 saturated carbocycles. The first kappa shape index (κ1) is 12.9. The maximum Gasteiger partial charge on any atom is 0.358 e. The predicted molar refractivity (Wildman–Crippen MR) is 58.4 cm³/mol. The fourth-order valence-corrected chi connectivity index (χ4v) is 1.15. The normalized spacial score (nSPS) is 12.2. The highest BCUT2D eigenvalue weighted by Crippen LogP contribution is 2.05. The van der Waals surface area contributed by atoms with Crippen LogP contribution in [-0.2, 0) is 9.47 Å². The van der Waals surface area contributed by atoms with Crippen LogP contribution in [0.3, 0.4) is 0 Å². The van der Waals surface area contributed by atoms with Crippen molar-refractivity contribution in [3.05, 3.63) is 23.2 Å². The Morgan fingerprint density at radius 2 is 2.31 bits per heavy atom. The molecule has 0 fully saturated rings. The third kappa shape index (κ3) is 4.12. The third-order valence-electron chi connectivity index (χ3n) is 1.68. The zero-order chi connectivity index (χ0) is 12.0. The SMILES string of the molecule is CCOCC(C)OC(=O)c1cncc(Cl)n1. The van der Waals surface area contributed by atoms with E-state index in [-0.39, 0.29) is 17.0 Å². The number of halogens is 1. The zero-order valence-corrected chi connectivity index (χ0v) is 9.90. The second-order valence-electron chi connectivity index (χ2n) is 3.10. The van der Waals surface area contributed by atoms with Gasteiger partial charge in [0.05, 0.1) is 19.0 Å². The molecule has 0 aliphatic rings. The summed E-state index contributed by atoms with van der Waals surface area (Å²) in [5, 5.41) is 0.159. The van der Waals surface area contributed by atoms with Gasteiger partial charge in [-0.05, 0) is 13.8 Å². The molecule has 0 saturated heterocycles. The van der Waals surface area contributed by atoms with Crippen LogP contribution in [0.4, 0.5) is 0 Å². The molecule has 0 N–H and O–H groups in total.